The third kappa shape index (κ3) is 7.96. The summed E-state index contributed by atoms with van der Waals surface area (Å²) in [5.74, 6) is 1.58. The van der Waals surface area contributed by atoms with Crippen LogP contribution in [-0.2, 0) is 17.9 Å². The van der Waals surface area contributed by atoms with Gasteiger partial charge < -0.3 is 25.8 Å². The van der Waals surface area contributed by atoms with Crippen LogP contribution in [0.3, 0.4) is 0 Å². The van der Waals surface area contributed by atoms with Gasteiger partial charge in [0.25, 0.3) is 5.91 Å². The van der Waals surface area contributed by atoms with Crippen LogP contribution in [0.15, 0.2) is 66.2 Å². The lowest BCUT2D eigenvalue weighted by atomic mass is 10.2. The summed E-state index contributed by atoms with van der Waals surface area (Å²) in [5, 5.41) is 6.55. The van der Waals surface area contributed by atoms with E-state index in [-0.39, 0.29) is 6.61 Å². The van der Waals surface area contributed by atoms with Crippen LogP contribution in [0, 0.1) is 0 Å². The molecule has 7 nitrogen and oxygen atoms in total. The first kappa shape index (κ1) is 21.8. The highest BCUT2D eigenvalue weighted by Gasteiger charge is 2.05. The maximum absolute atomic E-state index is 10.9. The molecule has 0 aliphatic carbocycles. The van der Waals surface area contributed by atoms with E-state index in [2.05, 4.69) is 22.2 Å². The van der Waals surface area contributed by atoms with Crippen molar-refractivity contribution in [2.45, 2.75) is 20.0 Å². The molecule has 7 heteroatoms. The normalized spacial score (nSPS) is 10.9. The van der Waals surface area contributed by atoms with Gasteiger partial charge in [-0.2, -0.15) is 0 Å². The Kier molecular flexibility index (Phi) is 9.08. The van der Waals surface area contributed by atoms with E-state index in [9.17, 15) is 4.79 Å². The zero-order chi connectivity index (χ0) is 20.9. The zero-order valence-corrected chi connectivity index (χ0v) is 16.7. The number of guanidine groups is 1. The summed E-state index contributed by atoms with van der Waals surface area (Å²) in [5.41, 5.74) is 7.10. The third-order valence-corrected chi connectivity index (χ3v) is 3.82. The predicted molar refractivity (Wildman–Crippen MR) is 115 cm³/mol. The van der Waals surface area contributed by atoms with Gasteiger partial charge in [0.15, 0.2) is 12.6 Å². The molecule has 0 spiro atoms. The van der Waals surface area contributed by atoms with Crippen molar-refractivity contribution in [2.24, 2.45) is 10.7 Å². The van der Waals surface area contributed by atoms with E-state index in [1.807, 2.05) is 49.4 Å². The number of nitrogens with zero attached hydrogens (tertiary/aromatic N) is 1. The molecule has 2 aromatic rings. The molecule has 0 aliphatic rings. The van der Waals surface area contributed by atoms with Crippen molar-refractivity contribution in [2.75, 3.05) is 19.8 Å². The first-order chi connectivity index (χ1) is 14.1. The standard InChI is InChI=1S/C22H28N4O3/c1-3-12-28-20-11-6-5-9-18(20)15-26-22(24-4-2)25-14-17-8-7-10-19(13-17)29-16-21(23)27/h3,5-11,13H,1,4,12,14-16H2,2H3,(H2,23,27)(H2,24,25,26). The number of carbonyl (C=O) groups excluding carboxylic acids is 1. The molecule has 0 heterocycles. The summed E-state index contributed by atoms with van der Waals surface area (Å²) in [6.07, 6.45) is 1.72. The van der Waals surface area contributed by atoms with Crippen molar-refractivity contribution < 1.29 is 14.3 Å². The number of aliphatic imine (C=N–C) groups is 1. The first-order valence-corrected chi connectivity index (χ1v) is 9.46. The van der Waals surface area contributed by atoms with E-state index in [1.54, 1.807) is 12.1 Å². The highest BCUT2D eigenvalue weighted by molar-refractivity contribution is 5.79. The SMILES string of the molecule is C=CCOc1ccccc1CNC(=NCc1cccc(OCC(N)=O)c1)NCC. The van der Waals surface area contributed by atoms with Gasteiger partial charge in [0.1, 0.15) is 18.1 Å². The molecule has 0 saturated carbocycles. The summed E-state index contributed by atoms with van der Waals surface area (Å²) in [7, 11) is 0. The number of hydrogen-bond donors (Lipinski definition) is 3. The maximum Gasteiger partial charge on any atom is 0.255 e. The molecule has 0 fully saturated rings. The summed E-state index contributed by atoms with van der Waals surface area (Å²) in [4.78, 5) is 15.5. The van der Waals surface area contributed by atoms with E-state index in [0.29, 0.717) is 31.4 Å². The number of para-hydroxylation sites is 1. The van der Waals surface area contributed by atoms with E-state index in [1.165, 1.54) is 0 Å². The molecule has 29 heavy (non-hydrogen) atoms. The number of rotatable bonds is 11. The molecule has 0 atom stereocenters. The topological polar surface area (TPSA) is 98.0 Å². The van der Waals surface area contributed by atoms with E-state index in [0.717, 1.165) is 23.4 Å². The van der Waals surface area contributed by atoms with Crippen molar-refractivity contribution in [3.8, 4) is 11.5 Å². The van der Waals surface area contributed by atoms with Gasteiger partial charge in [0, 0.05) is 18.7 Å². The zero-order valence-electron chi connectivity index (χ0n) is 16.7. The third-order valence-electron chi connectivity index (χ3n) is 3.82. The number of ether oxygens (including phenoxy) is 2. The predicted octanol–water partition coefficient (Wildman–Crippen LogP) is 2.37. The van der Waals surface area contributed by atoms with Gasteiger partial charge in [0.05, 0.1) is 6.54 Å². The molecule has 154 valence electrons. The molecule has 2 aromatic carbocycles. The minimum absolute atomic E-state index is 0.149. The quantitative estimate of drug-likeness (QED) is 0.308. The van der Waals surface area contributed by atoms with Crippen LogP contribution in [0.4, 0.5) is 0 Å². The van der Waals surface area contributed by atoms with Gasteiger partial charge >= 0.3 is 0 Å². The van der Waals surface area contributed by atoms with Crippen molar-refractivity contribution in [1.82, 2.24) is 10.6 Å². The van der Waals surface area contributed by atoms with Crippen molar-refractivity contribution in [3.63, 3.8) is 0 Å². The van der Waals surface area contributed by atoms with Gasteiger partial charge in [-0.3, -0.25) is 4.79 Å². The number of nitrogens with one attached hydrogen (secondary N) is 2. The number of carbonyl (C=O) groups is 1. The van der Waals surface area contributed by atoms with Crippen LogP contribution in [-0.4, -0.2) is 31.6 Å². The van der Waals surface area contributed by atoms with Crippen LogP contribution in [0.1, 0.15) is 18.1 Å². The maximum atomic E-state index is 10.9. The Morgan fingerprint density at radius 1 is 1.17 bits per heavy atom. The molecule has 2 rings (SSSR count). The van der Waals surface area contributed by atoms with Gasteiger partial charge in [-0.15, -0.1) is 0 Å². The summed E-state index contributed by atoms with van der Waals surface area (Å²) >= 11 is 0. The summed E-state index contributed by atoms with van der Waals surface area (Å²) in [6.45, 7) is 7.77. The van der Waals surface area contributed by atoms with Crippen LogP contribution < -0.4 is 25.8 Å². The second-order valence-electron chi connectivity index (χ2n) is 6.16. The van der Waals surface area contributed by atoms with Crippen LogP contribution in [0.2, 0.25) is 0 Å². The minimum Gasteiger partial charge on any atom is -0.489 e. The fraction of sp³-hybridized carbons (Fsp3) is 0.273. The molecule has 1 amide bonds. The molecular weight excluding hydrogens is 368 g/mol. The highest BCUT2D eigenvalue weighted by Crippen LogP contribution is 2.18. The molecule has 4 N–H and O–H groups in total. The van der Waals surface area contributed by atoms with E-state index >= 15 is 0 Å². The Morgan fingerprint density at radius 3 is 2.76 bits per heavy atom. The smallest absolute Gasteiger partial charge is 0.255 e. The highest BCUT2D eigenvalue weighted by atomic mass is 16.5. The molecular formula is C22H28N4O3. The minimum atomic E-state index is -0.510. The number of amides is 1. The van der Waals surface area contributed by atoms with Crippen LogP contribution >= 0.6 is 0 Å². The Labute approximate surface area is 171 Å². The van der Waals surface area contributed by atoms with Crippen molar-refractivity contribution in [3.05, 3.63) is 72.3 Å². The Bertz CT molecular complexity index is 836. The Balaban J connectivity index is 2.01. The monoisotopic (exact) mass is 396 g/mol. The molecule has 0 aromatic heterocycles. The van der Waals surface area contributed by atoms with Crippen molar-refractivity contribution >= 4 is 11.9 Å². The van der Waals surface area contributed by atoms with Crippen molar-refractivity contribution in [1.29, 1.82) is 0 Å². The van der Waals surface area contributed by atoms with E-state index < -0.39 is 5.91 Å². The number of hydrogen-bond acceptors (Lipinski definition) is 4. The fourth-order valence-electron chi connectivity index (χ4n) is 2.52. The van der Waals surface area contributed by atoms with Gasteiger partial charge in [-0.1, -0.05) is 43.0 Å². The van der Waals surface area contributed by atoms with Crippen LogP contribution in [0.25, 0.3) is 0 Å². The summed E-state index contributed by atoms with van der Waals surface area (Å²) in [6, 6.07) is 15.3. The largest absolute Gasteiger partial charge is 0.489 e. The second kappa shape index (κ2) is 12.1. The average Bonchev–Trinajstić information content (AvgIpc) is 2.73. The average molecular weight is 396 g/mol. The first-order valence-electron chi connectivity index (χ1n) is 9.46. The van der Waals surface area contributed by atoms with E-state index in [4.69, 9.17) is 15.2 Å². The van der Waals surface area contributed by atoms with Gasteiger partial charge in [-0.05, 0) is 30.7 Å². The number of primary amides is 1. The lowest BCUT2D eigenvalue weighted by molar-refractivity contribution is -0.119. The molecule has 0 bridgehead atoms. The lowest BCUT2D eigenvalue weighted by Gasteiger charge is -2.14. The van der Waals surface area contributed by atoms with Gasteiger partial charge in [-0.25, -0.2) is 4.99 Å². The number of nitrogens with two attached hydrogens (primary N) is 1. The summed E-state index contributed by atoms with van der Waals surface area (Å²) < 4.78 is 11.0. The fourth-order valence-corrected chi connectivity index (χ4v) is 2.52. The molecule has 0 unspecified atom stereocenters. The second-order valence-corrected chi connectivity index (χ2v) is 6.16. The number of benzene rings is 2. The van der Waals surface area contributed by atoms with Crippen LogP contribution in [0.5, 0.6) is 11.5 Å². The van der Waals surface area contributed by atoms with Gasteiger partial charge in [0.2, 0.25) is 0 Å². The Morgan fingerprint density at radius 2 is 2.00 bits per heavy atom. The molecule has 0 saturated heterocycles. The lowest BCUT2D eigenvalue weighted by Crippen LogP contribution is -2.36. The molecule has 0 radical (unpaired) electrons. The Hall–Kier alpha value is -3.48. The molecule has 0 aliphatic heterocycles.